The minimum Gasteiger partial charge on any atom is -0.454 e. The fraction of sp³-hybridized carbons (Fsp3) is 0.185. The van der Waals surface area contributed by atoms with Crippen molar-refractivity contribution >= 4 is 56.5 Å². The van der Waals surface area contributed by atoms with Crippen LogP contribution in [0.2, 0.25) is 0 Å². The van der Waals surface area contributed by atoms with E-state index in [9.17, 15) is 14.4 Å². The summed E-state index contributed by atoms with van der Waals surface area (Å²) in [6.45, 7) is 3.49. The number of nitrogens with one attached hydrogen (secondary N) is 3. The Morgan fingerprint density at radius 2 is 1.82 bits per heavy atom. The maximum absolute atomic E-state index is 13.4. The quantitative estimate of drug-likeness (QED) is 0.293. The predicted octanol–water partition coefficient (Wildman–Crippen LogP) is 4.52. The lowest BCUT2D eigenvalue weighted by molar-refractivity contribution is -0.117. The van der Waals surface area contributed by atoms with Gasteiger partial charge in [-0.2, -0.15) is 0 Å². The third-order valence-corrected chi connectivity index (χ3v) is 7.76. The summed E-state index contributed by atoms with van der Waals surface area (Å²) in [6, 6.07) is 8.00. The molecular formula is C27H23N7O4S. The van der Waals surface area contributed by atoms with Gasteiger partial charge in [-0.15, -0.1) is 11.3 Å². The summed E-state index contributed by atoms with van der Waals surface area (Å²) >= 11 is 1.22. The van der Waals surface area contributed by atoms with E-state index in [2.05, 4.69) is 37.5 Å². The van der Waals surface area contributed by atoms with Gasteiger partial charge in [-0.1, -0.05) is 6.58 Å². The number of rotatable bonds is 7. The largest absolute Gasteiger partial charge is 0.454 e. The number of thiophene rings is 1. The van der Waals surface area contributed by atoms with Crippen LogP contribution in [0, 0.1) is 0 Å². The van der Waals surface area contributed by atoms with E-state index in [1.165, 1.54) is 23.7 Å². The van der Waals surface area contributed by atoms with E-state index in [1.807, 2.05) is 0 Å². The van der Waals surface area contributed by atoms with Crippen LogP contribution in [0.5, 0.6) is 11.5 Å². The Hall–Kier alpha value is -4.84. The summed E-state index contributed by atoms with van der Waals surface area (Å²) in [4.78, 5) is 53.4. The molecule has 1 saturated carbocycles. The van der Waals surface area contributed by atoms with Crippen molar-refractivity contribution in [2.75, 3.05) is 10.2 Å². The topological polar surface area (TPSA) is 138 Å². The average Bonchev–Trinajstić information content (AvgIpc) is 3.54. The molecule has 0 spiro atoms. The Balaban J connectivity index is 1.27. The van der Waals surface area contributed by atoms with Gasteiger partial charge in [0.15, 0.2) is 5.75 Å². The summed E-state index contributed by atoms with van der Waals surface area (Å²) in [5.74, 6) is 0.477. The molecule has 2 aliphatic rings. The highest BCUT2D eigenvalue weighted by atomic mass is 32.1. The monoisotopic (exact) mass is 541 g/mol. The van der Waals surface area contributed by atoms with Gasteiger partial charge in [0.25, 0.3) is 5.91 Å². The molecule has 0 radical (unpaired) electrons. The minimum absolute atomic E-state index is 0.176. The standard InChI is InChI=1S/C27H23N7O4S/c1-2-21(35)31-18-4-3-5-19(18)32-25(36)24-23-22-20(10-11-30-26(22)39-24)34(27(37)33-23)15-6-8-16(9-7-15)38-17-12-28-14-29-13-17/h2,6-14,18-19H,1,3-5H2,(H,31,35)(H,32,36)(H,33,37)/t18-,19+/m0/s1. The predicted molar refractivity (Wildman–Crippen MR) is 147 cm³/mol. The maximum atomic E-state index is 13.4. The number of hydrogen-bond acceptors (Lipinski definition) is 8. The second kappa shape index (κ2) is 10.1. The zero-order valence-corrected chi connectivity index (χ0v) is 21.4. The van der Waals surface area contributed by atoms with Crippen molar-refractivity contribution < 1.29 is 19.1 Å². The minimum atomic E-state index is -0.399. The van der Waals surface area contributed by atoms with Crippen molar-refractivity contribution in [2.24, 2.45) is 0 Å². The number of amides is 4. The van der Waals surface area contributed by atoms with Gasteiger partial charge in [-0.3, -0.25) is 14.5 Å². The molecule has 3 aromatic heterocycles. The molecular weight excluding hydrogens is 518 g/mol. The Kier molecular flexibility index (Phi) is 6.37. The second-order valence-corrected chi connectivity index (χ2v) is 10.1. The number of carbonyl (C=O) groups excluding carboxylic acids is 3. The molecule has 1 aliphatic heterocycles. The number of ether oxygens (including phenoxy) is 1. The molecule has 6 rings (SSSR count). The summed E-state index contributed by atoms with van der Waals surface area (Å²) in [5, 5.41) is 9.52. The van der Waals surface area contributed by atoms with Crippen molar-refractivity contribution in [1.82, 2.24) is 25.6 Å². The number of anilines is 3. The molecule has 4 amide bonds. The van der Waals surface area contributed by atoms with Crippen molar-refractivity contribution in [2.45, 2.75) is 31.3 Å². The van der Waals surface area contributed by atoms with E-state index < -0.39 is 6.03 Å². The Labute approximate surface area is 226 Å². The number of benzene rings is 1. The van der Waals surface area contributed by atoms with E-state index in [0.29, 0.717) is 43.7 Å². The molecule has 0 bridgehead atoms. The summed E-state index contributed by atoms with van der Waals surface area (Å²) in [6.07, 6.45) is 9.77. The summed E-state index contributed by atoms with van der Waals surface area (Å²) in [7, 11) is 0. The van der Waals surface area contributed by atoms with Gasteiger partial charge >= 0.3 is 6.03 Å². The second-order valence-electron chi connectivity index (χ2n) is 9.08. The molecule has 4 aromatic rings. The Morgan fingerprint density at radius 1 is 1.08 bits per heavy atom. The fourth-order valence-corrected chi connectivity index (χ4v) is 5.94. The zero-order valence-electron chi connectivity index (χ0n) is 20.6. The highest BCUT2D eigenvalue weighted by Gasteiger charge is 2.35. The van der Waals surface area contributed by atoms with Crippen LogP contribution < -0.4 is 25.6 Å². The van der Waals surface area contributed by atoms with E-state index in [4.69, 9.17) is 4.74 Å². The molecule has 0 unspecified atom stereocenters. The number of pyridine rings is 1. The van der Waals surface area contributed by atoms with Crippen LogP contribution in [-0.2, 0) is 4.79 Å². The van der Waals surface area contributed by atoms with Crippen LogP contribution in [0.1, 0.15) is 28.9 Å². The lowest BCUT2D eigenvalue weighted by atomic mass is 10.1. The van der Waals surface area contributed by atoms with Crippen LogP contribution in [-0.4, -0.2) is 44.9 Å². The number of urea groups is 1. The van der Waals surface area contributed by atoms with Crippen LogP contribution in [0.25, 0.3) is 10.2 Å². The molecule has 196 valence electrons. The molecule has 39 heavy (non-hydrogen) atoms. The molecule has 11 nitrogen and oxygen atoms in total. The van der Waals surface area contributed by atoms with Crippen molar-refractivity contribution in [3.05, 3.63) is 72.8 Å². The molecule has 4 heterocycles. The van der Waals surface area contributed by atoms with Crippen LogP contribution in [0.15, 0.2) is 67.9 Å². The Bertz CT molecular complexity index is 1590. The van der Waals surface area contributed by atoms with E-state index in [0.717, 1.165) is 19.3 Å². The van der Waals surface area contributed by atoms with E-state index in [1.54, 1.807) is 53.8 Å². The number of hydrogen-bond donors (Lipinski definition) is 3. The highest BCUT2D eigenvalue weighted by Crippen LogP contribution is 2.46. The van der Waals surface area contributed by atoms with Gasteiger partial charge in [0.2, 0.25) is 5.91 Å². The molecule has 1 fully saturated rings. The smallest absolute Gasteiger partial charge is 0.331 e. The first kappa shape index (κ1) is 24.5. The van der Waals surface area contributed by atoms with Gasteiger partial charge in [-0.05, 0) is 55.7 Å². The first-order valence-corrected chi connectivity index (χ1v) is 13.1. The zero-order chi connectivity index (χ0) is 26.9. The lowest BCUT2D eigenvalue weighted by Crippen LogP contribution is -2.48. The summed E-state index contributed by atoms with van der Waals surface area (Å²) in [5.41, 5.74) is 1.67. The number of carbonyl (C=O) groups is 3. The van der Waals surface area contributed by atoms with Gasteiger partial charge in [0, 0.05) is 18.3 Å². The van der Waals surface area contributed by atoms with Gasteiger partial charge in [0.1, 0.15) is 21.8 Å². The van der Waals surface area contributed by atoms with Crippen molar-refractivity contribution in [1.29, 1.82) is 0 Å². The third-order valence-electron chi connectivity index (χ3n) is 6.67. The Morgan fingerprint density at radius 3 is 2.56 bits per heavy atom. The lowest BCUT2D eigenvalue weighted by Gasteiger charge is -2.28. The van der Waals surface area contributed by atoms with E-state index in [-0.39, 0.29) is 23.9 Å². The van der Waals surface area contributed by atoms with Gasteiger partial charge in [-0.25, -0.2) is 19.7 Å². The van der Waals surface area contributed by atoms with Gasteiger partial charge < -0.3 is 20.7 Å². The SMILES string of the molecule is C=CC(=O)N[C@H]1CCC[C@H]1NC(=O)c1sc2nccc3c2c1NC(=O)N3c1ccc(Oc2cncnc2)cc1. The molecule has 0 saturated heterocycles. The van der Waals surface area contributed by atoms with Crippen LogP contribution in [0.3, 0.4) is 0 Å². The normalized spacial score (nSPS) is 17.9. The van der Waals surface area contributed by atoms with Crippen LogP contribution in [0.4, 0.5) is 21.9 Å². The third kappa shape index (κ3) is 4.66. The molecule has 12 heteroatoms. The first-order valence-electron chi connectivity index (χ1n) is 12.3. The molecule has 1 aliphatic carbocycles. The maximum Gasteiger partial charge on any atom is 0.331 e. The number of nitrogens with zero attached hydrogens (tertiary/aromatic N) is 4. The molecule has 3 N–H and O–H groups in total. The number of aromatic nitrogens is 3. The van der Waals surface area contributed by atoms with Crippen molar-refractivity contribution in [3.63, 3.8) is 0 Å². The fourth-order valence-electron chi connectivity index (χ4n) is 4.92. The average molecular weight is 542 g/mol. The van der Waals surface area contributed by atoms with Gasteiger partial charge in [0.05, 0.1) is 34.8 Å². The summed E-state index contributed by atoms with van der Waals surface area (Å²) < 4.78 is 5.76. The first-order chi connectivity index (χ1) is 19.0. The van der Waals surface area contributed by atoms with E-state index >= 15 is 0 Å². The van der Waals surface area contributed by atoms with Crippen molar-refractivity contribution in [3.8, 4) is 11.5 Å². The molecule has 2 atom stereocenters. The molecule has 1 aromatic carbocycles. The highest BCUT2D eigenvalue weighted by molar-refractivity contribution is 7.21. The van der Waals surface area contributed by atoms with Crippen LogP contribution >= 0.6 is 11.3 Å².